The van der Waals surface area contributed by atoms with E-state index in [1.54, 1.807) is 0 Å². The van der Waals surface area contributed by atoms with Crippen LogP contribution in [0, 0.1) is 0 Å². The summed E-state index contributed by atoms with van der Waals surface area (Å²) in [5, 5.41) is 0. The van der Waals surface area contributed by atoms with E-state index in [-0.39, 0.29) is 0 Å². The lowest BCUT2D eigenvalue weighted by Crippen LogP contribution is -2.50. The molecule has 1 rings (SSSR count). The standard InChI is InChI=1S/C7H13N2/c1-2-9(8)6-4-3-5-7-9/h3-6H,2,7-8H2,1H3/q+1. The fraction of sp³-hybridized carbons (Fsp3) is 0.429. The average molecular weight is 125 g/mol. The molecule has 0 aromatic heterocycles. The van der Waals surface area contributed by atoms with Crippen molar-refractivity contribution in [1.29, 1.82) is 0 Å². The van der Waals surface area contributed by atoms with Crippen LogP contribution in [-0.4, -0.2) is 17.7 Å². The van der Waals surface area contributed by atoms with E-state index in [9.17, 15) is 0 Å². The van der Waals surface area contributed by atoms with E-state index >= 15 is 0 Å². The number of hydrogen-bond donors (Lipinski definition) is 1. The van der Waals surface area contributed by atoms with Gasteiger partial charge in [-0.15, -0.1) is 0 Å². The van der Waals surface area contributed by atoms with Crippen LogP contribution in [0.25, 0.3) is 0 Å². The van der Waals surface area contributed by atoms with Crippen LogP contribution in [0.4, 0.5) is 0 Å². The van der Waals surface area contributed by atoms with Crippen LogP contribution in [0.3, 0.4) is 0 Å². The molecule has 0 saturated carbocycles. The van der Waals surface area contributed by atoms with E-state index in [4.69, 9.17) is 5.84 Å². The Hall–Kier alpha value is -0.600. The van der Waals surface area contributed by atoms with Gasteiger partial charge in [-0.3, -0.25) is 0 Å². The quantitative estimate of drug-likeness (QED) is 0.407. The highest BCUT2D eigenvalue weighted by Gasteiger charge is 2.15. The summed E-state index contributed by atoms with van der Waals surface area (Å²) in [4.78, 5) is 0. The van der Waals surface area contributed by atoms with Gasteiger partial charge in [0.1, 0.15) is 12.7 Å². The molecule has 50 valence electrons. The van der Waals surface area contributed by atoms with Gasteiger partial charge in [0.15, 0.2) is 0 Å². The Bertz CT molecular complexity index is 149. The number of hydrogen-bond acceptors (Lipinski definition) is 1. The number of rotatable bonds is 1. The maximum Gasteiger partial charge on any atom is 0.119 e. The first-order chi connectivity index (χ1) is 4.27. The Balaban J connectivity index is 2.63. The van der Waals surface area contributed by atoms with E-state index in [0.717, 1.165) is 13.1 Å². The van der Waals surface area contributed by atoms with Gasteiger partial charge in [0.2, 0.25) is 0 Å². The highest BCUT2D eigenvalue weighted by molar-refractivity contribution is 5.03. The molecule has 1 heterocycles. The summed E-state index contributed by atoms with van der Waals surface area (Å²) in [6.07, 6.45) is 8.12. The Morgan fingerprint density at radius 1 is 1.56 bits per heavy atom. The molecular weight excluding hydrogens is 112 g/mol. The zero-order valence-electron chi connectivity index (χ0n) is 5.75. The number of quaternary nitrogens is 1. The molecule has 9 heavy (non-hydrogen) atoms. The van der Waals surface area contributed by atoms with Gasteiger partial charge in [-0.2, -0.15) is 5.84 Å². The number of likely N-dealkylation sites (N-methyl/N-ethyl adjacent to an activating group) is 1. The minimum Gasteiger partial charge on any atom is -0.219 e. The fourth-order valence-electron chi connectivity index (χ4n) is 0.852. The van der Waals surface area contributed by atoms with Crippen LogP contribution in [0.5, 0.6) is 0 Å². The van der Waals surface area contributed by atoms with Gasteiger partial charge in [0.05, 0.1) is 6.54 Å². The highest BCUT2D eigenvalue weighted by atomic mass is 15.6. The predicted octanol–water partition coefficient (Wildman–Crippen LogP) is 0.780. The van der Waals surface area contributed by atoms with Crippen molar-refractivity contribution in [3.8, 4) is 0 Å². The highest BCUT2D eigenvalue weighted by Crippen LogP contribution is 2.03. The van der Waals surface area contributed by atoms with E-state index in [2.05, 4.69) is 13.0 Å². The molecule has 1 aliphatic rings. The van der Waals surface area contributed by atoms with Gasteiger partial charge in [-0.05, 0) is 19.1 Å². The summed E-state index contributed by atoms with van der Waals surface area (Å²) in [6, 6.07) is 0. The summed E-state index contributed by atoms with van der Waals surface area (Å²) in [5.74, 6) is 5.86. The van der Waals surface area contributed by atoms with Crippen molar-refractivity contribution in [2.45, 2.75) is 6.92 Å². The summed E-state index contributed by atoms with van der Waals surface area (Å²) in [6.45, 7) is 3.97. The van der Waals surface area contributed by atoms with Gasteiger partial charge in [0, 0.05) is 0 Å². The molecular formula is C7H13N2+. The first kappa shape index (κ1) is 6.52. The van der Waals surface area contributed by atoms with Crippen molar-refractivity contribution in [2.75, 3.05) is 13.1 Å². The van der Waals surface area contributed by atoms with Crippen molar-refractivity contribution < 1.29 is 4.59 Å². The van der Waals surface area contributed by atoms with Crippen molar-refractivity contribution in [3.63, 3.8) is 0 Å². The molecule has 2 N–H and O–H groups in total. The number of nitrogens with two attached hydrogens (primary N) is 1. The molecule has 1 unspecified atom stereocenters. The van der Waals surface area contributed by atoms with E-state index in [1.165, 1.54) is 0 Å². The van der Waals surface area contributed by atoms with E-state index in [1.807, 2.05) is 18.4 Å². The molecule has 1 aliphatic heterocycles. The molecule has 0 spiro atoms. The number of allylic oxidation sites excluding steroid dienone is 2. The molecule has 2 nitrogen and oxygen atoms in total. The van der Waals surface area contributed by atoms with Gasteiger partial charge in [0.25, 0.3) is 0 Å². The SMILES string of the molecule is CC[N+]1(N)C=CC=CC1. The number of nitrogens with zero attached hydrogens (tertiary/aromatic N) is 1. The Kier molecular flexibility index (Phi) is 1.69. The Morgan fingerprint density at radius 2 is 2.33 bits per heavy atom. The molecule has 0 fully saturated rings. The lowest BCUT2D eigenvalue weighted by molar-refractivity contribution is -0.884. The fourth-order valence-corrected chi connectivity index (χ4v) is 0.852. The first-order valence-corrected chi connectivity index (χ1v) is 3.26. The van der Waals surface area contributed by atoms with Crippen LogP contribution in [0.2, 0.25) is 0 Å². The van der Waals surface area contributed by atoms with Crippen molar-refractivity contribution in [1.82, 2.24) is 0 Å². The molecule has 0 aromatic rings. The minimum atomic E-state index is 0.552. The third-order valence-corrected chi connectivity index (χ3v) is 1.66. The van der Waals surface area contributed by atoms with Gasteiger partial charge in [-0.25, -0.2) is 4.59 Å². The topological polar surface area (TPSA) is 26.0 Å². The predicted molar refractivity (Wildman–Crippen MR) is 38.1 cm³/mol. The Morgan fingerprint density at radius 3 is 2.67 bits per heavy atom. The second kappa shape index (κ2) is 2.33. The third kappa shape index (κ3) is 1.40. The van der Waals surface area contributed by atoms with Crippen molar-refractivity contribution >= 4 is 0 Å². The third-order valence-electron chi connectivity index (χ3n) is 1.66. The molecule has 0 radical (unpaired) electrons. The lowest BCUT2D eigenvalue weighted by Gasteiger charge is -2.26. The summed E-state index contributed by atoms with van der Waals surface area (Å²) in [5.41, 5.74) is 0. The molecule has 1 atom stereocenters. The maximum atomic E-state index is 5.86. The maximum absolute atomic E-state index is 5.86. The van der Waals surface area contributed by atoms with Gasteiger partial charge >= 0.3 is 0 Å². The normalized spacial score (nSPS) is 33.1. The molecule has 0 bridgehead atoms. The molecule has 0 amide bonds. The van der Waals surface area contributed by atoms with Crippen LogP contribution >= 0.6 is 0 Å². The summed E-state index contributed by atoms with van der Waals surface area (Å²) >= 11 is 0. The molecule has 0 aromatic carbocycles. The summed E-state index contributed by atoms with van der Waals surface area (Å²) in [7, 11) is 0. The second-order valence-corrected chi connectivity index (χ2v) is 2.37. The second-order valence-electron chi connectivity index (χ2n) is 2.37. The van der Waals surface area contributed by atoms with E-state index < -0.39 is 0 Å². The van der Waals surface area contributed by atoms with Crippen LogP contribution < -0.4 is 5.84 Å². The monoisotopic (exact) mass is 125 g/mol. The zero-order valence-corrected chi connectivity index (χ0v) is 5.75. The smallest absolute Gasteiger partial charge is 0.119 e. The molecule has 0 saturated heterocycles. The van der Waals surface area contributed by atoms with Crippen molar-refractivity contribution in [2.24, 2.45) is 5.84 Å². The van der Waals surface area contributed by atoms with Crippen LogP contribution in [0.15, 0.2) is 24.4 Å². The average Bonchev–Trinajstić information content (AvgIpc) is 1.90. The van der Waals surface area contributed by atoms with Gasteiger partial charge in [-0.1, -0.05) is 6.08 Å². The Labute approximate surface area is 55.8 Å². The molecule has 0 aliphatic carbocycles. The van der Waals surface area contributed by atoms with Crippen molar-refractivity contribution in [3.05, 3.63) is 24.4 Å². The van der Waals surface area contributed by atoms with Crippen LogP contribution in [-0.2, 0) is 0 Å². The molecule has 2 heteroatoms. The minimum absolute atomic E-state index is 0.552. The largest absolute Gasteiger partial charge is 0.219 e. The van der Waals surface area contributed by atoms with E-state index in [0.29, 0.717) is 4.59 Å². The van der Waals surface area contributed by atoms with Gasteiger partial charge < -0.3 is 0 Å². The van der Waals surface area contributed by atoms with Crippen LogP contribution in [0.1, 0.15) is 6.92 Å². The lowest BCUT2D eigenvalue weighted by atomic mass is 10.3. The zero-order chi connectivity index (χ0) is 6.74. The first-order valence-electron chi connectivity index (χ1n) is 3.26. The summed E-state index contributed by atoms with van der Waals surface area (Å²) < 4.78 is 0.552.